The molecule has 1 aliphatic rings. The summed E-state index contributed by atoms with van der Waals surface area (Å²) in [7, 11) is -2.96. The van der Waals surface area contributed by atoms with Crippen molar-refractivity contribution in [2.75, 3.05) is 38.3 Å². The van der Waals surface area contributed by atoms with E-state index in [0.717, 1.165) is 13.0 Å². The summed E-state index contributed by atoms with van der Waals surface area (Å²) in [6, 6.07) is -0.142. The second kappa shape index (κ2) is 7.21. The van der Waals surface area contributed by atoms with Crippen LogP contribution >= 0.6 is 0 Å². The van der Waals surface area contributed by atoms with Crippen molar-refractivity contribution < 1.29 is 23.1 Å². The Morgan fingerprint density at radius 1 is 1.37 bits per heavy atom. The van der Waals surface area contributed by atoms with Gasteiger partial charge in [0.1, 0.15) is 9.84 Å². The topological polar surface area (TPSA) is 83.9 Å². The smallest absolute Gasteiger partial charge is 0.310 e. The van der Waals surface area contributed by atoms with E-state index in [9.17, 15) is 13.2 Å². The van der Waals surface area contributed by atoms with Crippen molar-refractivity contribution in [3.05, 3.63) is 0 Å². The third-order valence-electron chi connectivity index (χ3n) is 3.31. The van der Waals surface area contributed by atoms with Crippen molar-refractivity contribution >= 4 is 15.8 Å². The van der Waals surface area contributed by atoms with Crippen molar-refractivity contribution in [1.82, 2.24) is 4.90 Å². The maximum atomic E-state index is 11.2. The van der Waals surface area contributed by atoms with Gasteiger partial charge in [-0.25, -0.2) is 8.42 Å². The molecule has 0 aromatic carbocycles. The molecule has 1 fully saturated rings. The average molecular weight is 293 g/mol. The molecule has 2 atom stereocenters. The fraction of sp³-hybridized carbons (Fsp3) is 0.917. The number of ether oxygens (including phenoxy) is 1. The molecule has 0 aliphatic carbocycles. The zero-order valence-corrected chi connectivity index (χ0v) is 12.4. The first-order valence-electron chi connectivity index (χ1n) is 6.57. The normalized spacial score (nSPS) is 23.9. The predicted molar refractivity (Wildman–Crippen MR) is 71.9 cm³/mol. The number of hydrogen-bond donors (Lipinski definition) is 1. The molecule has 1 heterocycles. The Bertz CT molecular complexity index is 395. The first-order chi connectivity index (χ1) is 8.85. The van der Waals surface area contributed by atoms with Gasteiger partial charge >= 0.3 is 5.97 Å². The number of carbonyl (C=O) groups is 1. The highest BCUT2D eigenvalue weighted by molar-refractivity contribution is 7.90. The SMILES string of the molecule is CCCN(CCCS(C)(=O)=O)C1COCC1C(=O)O. The maximum Gasteiger partial charge on any atom is 0.310 e. The van der Waals surface area contributed by atoms with Crippen LogP contribution in [0.4, 0.5) is 0 Å². The minimum Gasteiger partial charge on any atom is -0.481 e. The van der Waals surface area contributed by atoms with Crippen molar-refractivity contribution in [3.63, 3.8) is 0 Å². The van der Waals surface area contributed by atoms with Gasteiger partial charge in [-0.05, 0) is 25.9 Å². The van der Waals surface area contributed by atoms with E-state index in [1.807, 2.05) is 6.92 Å². The molecule has 0 aromatic heterocycles. The van der Waals surface area contributed by atoms with Crippen molar-refractivity contribution in [3.8, 4) is 0 Å². The van der Waals surface area contributed by atoms with Crippen LogP contribution in [0.3, 0.4) is 0 Å². The van der Waals surface area contributed by atoms with Crippen LogP contribution in [0.15, 0.2) is 0 Å². The number of sulfone groups is 1. The van der Waals surface area contributed by atoms with E-state index in [1.54, 1.807) is 0 Å². The van der Waals surface area contributed by atoms with Crippen LogP contribution < -0.4 is 0 Å². The molecule has 1 saturated heterocycles. The summed E-state index contributed by atoms with van der Waals surface area (Å²) >= 11 is 0. The molecule has 112 valence electrons. The maximum absolute atomic E-state index is 11.2. The van der Waals surface area contributed by atoms with Gasteiger partial charge in [-0.3, -0.25) is 9.69 Å². The fourth-order valence-corrected chi connectivity index (χ4v) is 3.05. The summed E-state index contributed by atoms with van der Waals surface area (Å²) in [4.78, 5) is 13.2. The Kier molecular flexibility index (Phi) is 6.22. The van der Waals surface area contributed by atoms with Crippen molar-refractivity contribution in [2.24, 2.45) is 5.92 Å². The lowest BCUT2D eigenvalue weighted by Crippen LogP contribution is -2.44. The van der Waals surface area contributed by atoms with Gasteiger partial charge in [-0.15, -0.1) is 0 Å². The second-order valence-electron chi connectivity index (χ2n) is 5.07. The van der Waals surface area contributed by atoms with Crippen molar-refractivity contribution in [2.45, 2.75) is 25.8 Å². The van der Waals surface area contributed by atoms with Gasteiger partial charge in [0, 0.05) is 12.3 Å². The number of nitrogens with zero attached hydrogens (tertiary/aromatic N) is 1. The minimum atomic E-state index is -2.96. The quantitative estimate of drug-likeness (QED) is 0.690. The van der Waals surface area contributed by atoms with Crippen LogP contribution in [0, 0.1) is 5.92 Å². The Hall–Kier alpha value is -0.660. The monoisotopic (exact) mass is 293 g/mol. The number of aliphatic carboxylic acids is 1. The first kappa shape index (κ1) is 16.4. The molecule has 0 bridgehead atoms. The summed E-state index contributed by atoms with van der Waals surface area (Å²) in [5, 5.41) is 9.15. The summed E-state index contributed by atoms with van der Waals surface area (Å²) in [5.74, 6) is -1.21. The van der Waals surface area contributed by atoms with Gasteiger partial charge in [0.05, 0.1) is 24.9 Å². The van der Waals surface area contributed by atoms with E-state index in [2.05, 4.69) is 4.90 Å². The molecular formula is C12H23NO5S. The Morgan fingerprint density at radius 3 is 2.58 bits per heavy atom. The predicted octanol–water partition coefficient (Wildman–Crippen LogP) is 0.233. The zero-order valence-electron chi connectivity index (χ0n) is 11.5. The molecular weight excluding hydrogens is 270 g/mol. The summed E-state index contributed by atoms with van der Waals surface area (Å²) in [6.45, 7) is 4.04. The van der Waals surface area contributed by atoms with Gasteiger partial charge in [-0.2, -0.15) is 0 Å². The Labute approximate surface area is 114 Å². The molecule has 0 spiro atoms. The van der Waals surface area contributed by atoms with Gasteiger partial charge in [0.25, 0.3) is 0 Å². The number of rotatable bonds is 8. The third kappa shape index (κ3) is 5.46. The number of hydrogen-bond acceptors (Lipinski definition) is 5. The minimum absolute atomic E-state index is 0.137. The first-order valence-corrected chi connectivity index (χ1v) is 8.63. The Balaban J connectivity index is 2.58. The average Bonchev–Trinajstić information content (AvgIpc) is 2.75. The van der Waals surface area contributed by atoms with Crippen LogP contribution in [0.5, 0.6) is 0 Å². The standard InChI is InChI=1S/C12H23NO5S/c1-3-5-13(6-4-7-19(2,16)17)11-9-18-8-10(11)12(14)15/h10-11H,3-9H2,1-2H3,(H,14,15). The molecule has 0 saturated carbocycles. The summed E-state index contributed by atoms with van der Waals surface area (Å²) in [5.41, 5.74) is 0. The lowest BCUT2D eigenvalue weighted by Gasteiger charge is -2.29. The third-order valence-corrected chi connectivity index (χ3v) is 4.34. The van der Waals surface area contributed by atoms with E-state index in [1.165, 1.54) is 6.26 Å². The zero-order chi connectivity index (χ0) is 14.5. The molecule has 1 rings (SSSR count). The highest BCUT2D eigenvalue weighted by atomic mass is 32.2. The molecule has 2 unspecified atom stereocenters. The lowest BCUT2D eigenvalue weighted by molar-refractivity contribution is -0.143. The lowest BCUT2D eigenvalue weighted by atomic mass is 10.0. The second-order valence-corrected chi connectivity index (χ2v) is 7.33. The van der Waals surface area contributed by atoms with Crippen LogP contribution in [-0.2, 0) is 19.4 Å². The summed E-state index contributed by atoms with van der Waals surface area (Å²) < 4.78 is 27.5. The van der Waals surface area contributed by atoms with Gasteiger partial charge < -0.3 is 9.84 Å². The highest BCUT2D eigenvalue weighted by Crippen LogP contribution is 2.20. The van der Waals surface area contributed by atoms with Gasteiger partial charge in [0.15, 0.2) is 0 Å². The molecule has 0 amide bonds. The van der Waals surface area contributed by atoms with E-state index in [-0.39, 0.29) is 18.4 Å². The highest BCUT2D eigenvalue weighted by Gasteiger charge is 2.37. The Morgan fingerprint density at radius 2 is 2.05 bits per heavy atom. The van der Waals surface area contributed by atoms with Crippen molar-refractivity contribution in [1.29, 1.82) is 0 Å². The molecule has 19 heavy (non-hydrogen) atoms. The van der Waals surface area contributed by atoms with Crippen LogP contribution in [0.2, 0.25) is 0 Å². The van der Waals surface area contributed by atoms with E-state index < -0.39 is 21.7 Å². The van der Waals surface area contributed by atoms with E-state index in [0.29, 0.717) is 19.6 Å². The van der Waals surface area contributed by atoms with Crippen LogP contribution in [0.25, 0.3) is 0 Å². The largest absolute Gasteiger partial charge is 0.481 e. The molecule has 6 nitrogen and oxygen atoms in total. The van der Waals surface area contributed by atoms with Gasteiger partial charge in [0.2, 0.25) is 0 Å². The molecule has 0 aromatic rings. The summed E-state index contributed by atoms with van der Waals surface area (Å²) in [6.07, 6.45) is 2.65. The molecule has 0 radical (unpaired) electrons. The number of carboxylic acids is 1. The molecule has 1 aliphatic heterocycles. The molecule has 7 heteroatoms. The number of carboxylic acid groups (broad SMARTS) is 1. The van der Waals surface area contributed by atoms with E-state index in [4.69, 9.17) is 9.84 Å². The molecule has 1 N–H and O–H groups in total. The van der Waals surface area contributed by atoms with Crippen LogP contribution in [0.1, 0.15) is 19.8 Å². The van der Waals surface area contributed by atoms with E-state index >= 15 is 0 Å². The fourth-order valence-electron chi connectivity index (χ4n) is 2.40. The van der Waals surface area contributed by atoms with Crippen LogP contribution in [-0.4, -0.2) is 68.7 Å². The van der Waals surface area contributed by atoms with Gasteiger partial charge in [-0.1, -0.05) is 6.92 Å².